The van der Waals surface area contributed by atoms with Crippen molar-refractivity contribution in [3.05, 3.63) is 33.4 Å². The van der Waals surface area contributed by atoms with E-state index in [2.05, 4.69) is 5.32 Å². The van der Waals surface area contributed by atoms with Crippen molar-refractivity contribution >= 4 is 45.6 Å². The molecule has 0 unspecified atom stereocenters. The summed E-state index contributed by atoms with van der Waals surface area (Å²) in [4.78, 5) is 24.7. The molecule has 0 spiro atoms. The van der Waals surface area contributed by atoms with Crippen LogP contribution in [0.25, 0.3) is 0 Å². The number of thiocarbonyl (C=S) groups is 1. The number of nitrogens with zero attached hydrogens (tertiary/aromatic N) is 2. The van der Waals surface area contributed by atoms with Gasteiger partial charge in [-0.2, -0.15) is 0 Å². The van der Waals surface area contributed by atoms with Crippen molar-refractivity contribution in [2.75, 3.05) is 24.2 Å². The van der Waals surface area contributed by atoms with Crippen LogP contribution in [0.15, 0.2) is 12.1 Å². The quantitative estimate of drug-likeness (QED) is 0.478. The van der Waals surface area contributed by atoms with E-state index in [-0.39, 0.29) is 23.0 Å². The van der Waals surface area contributed by atoms with Crippen LogP contribution in [-0.2, 0) is 4.79 Å². The summed E-state index contributed by atoms with van der Waals surface area (Å²) in [6.45, 7) is 9.16. The van der Waals surface area contributed by atoms with Gasteiger partial charge in [0.15, 0.2) is 0 Å². The number of nitrogens with one attached hydrogen (secondary N) is 1. The van der Waals surface area contributed by atoms with Gasteiger partial charge in [-0.15, -0.1) is 0 Å². The smallest absolute Gasteiger partial charge is 0.293 e. The molecule has 0 aliphatic heterocycles. The lowest BCUT2D eigenvalue weighted by molar-refractivity contribution is -0.384. The summed E-state index contributed by atoms with van der Waals surface area (Å²) >= 11 is 6.53. The third-order valence-electron chi connectivity index (χ3n) is 3.52. The van der Waals surface area contributed by atoms with Crippen LogP contribution in [0.3, 0.4) is 0 Å². The highest BCUT2D eigenvalue weighted by atomic mass is 32.2. The van der Waals surface area contributed by atoms with Gasteiger partial charge in [-0.3, -0.25) is 14.9 Å². The third kappa shape index (κ3) is 5.18. The Morgan fingerprint density at radius 3 is 2.48 bits per heavy atom. The normalized spacial score (nSPS) is 10.3. The molecule has 0 aliphatic carbocycles. The van der Waals surface area contributed by atoms with Crippen LogP contribution >= 0.6 is 24.0 Å². The van der Waals surface area contributed by atoms with Crippen LogP contribution in [0.5, 0.6) is 0 Å². The maximum atomic E-state index is 12.1. The summed E-state index contributed by atoms with van der Waals surface area (Å²) in [6.07, 6.45) is 0. The minimum Gasteiger partial charge on any atom is -0.358 e. The molecule has 6 nitrogen and oxygen atoms in total. The van der Waals surface area contributed by atoms with Crippen molar-refractivity contribution in [3.63, 3.8) is 0 Å². The van der Waals surface area contributed by atoms with Crippen molar-refractivity contribution in [2.45, 2.75) is 27.7 Å². The first-order valence-electron chi connectivity index (χ1n) is 7.27. The Bertz CT molecular complexity index is 616. The van der Waals surface area contributed by atoms with Gasteiger partial charge in [0.25, 0.3) is 5.69 Å². The first-order valence-corrected chi connectivity index (χ1v) is 8.67. The number of hydrogen-bond acceptors (Lipinski definition) is 5. The Labute approximate surface area is 145 Å². The molecule has 0 saturated heterocycles. The zero-order valence-electron chi connectivity index (χ0n) is 13.7. The maximum absolute atomic E-state index is 12.1. The van der Waals surface area contributed by atoms with Crippen molar-refractivity contribution in [1.29, 1.82) is 0 Å². The lowest BCUT2D eigenvalue weighted by Gasteiger charge is -2.20. The Kier molecular flexibility index (Phi) is 7.44. The molecule has 0 aromatic heterocycles. The van der Waals surface area contributed by atoms with Crippen molar-refractivity contribution in [2.24, 2.45) is 0 Å². The number of carbonyl (C=O) groups excluding carboxylic acids is 1. The number of nitro groups is 1. The fourth-order valence-corrected chi connectivity index (χ4v) is 3.19. The molecule has 1 rings (SSSR count). The average Bonchev–Trinajstić information content (AvgIpc) is 2.50. The number of thioether (sulfide) groups is 1. The number of rotatable bonds is 6. The molecule has 1 N–H and O–H groups in total. The molecule has 1 amide bonds. The maximum Gasteiger partial charge on any atom is 0.293 e. The van der Waals surface area contributed by atoms with Crippen LogP contribution in [-0.4, -0.2) is 38.9 Å². The molecule has 1 aromatic carbocycles. The monoisotopic (exact) mass is 355 g/mol. The van der Waals surface area contributed by atoms with E-state index in [0.717, 1.165) is 18.7 Å². The number of aryl methyl sites for hydroxylation is 1. The number of benzene rings is 1. The molecule has 0 saturated carbocycles. The van der Waals surface area contributed by atoms with Gasteiger partial charge in [-0.1, -0.05) is 30.0 Å². The molecule has 0 fully saturated rings. The van der Waals surface area contributed by atoms with E-state index in [1.807, 2.05) is 25.7 Å². The van der Waals surface area contributed by atoms with E-state index in [9.17, 15) is 14.9 Å². The van der Waals surface area contributed by atoms with Gasteiger partial charge < -0.3 is 10.2 Å². The second kappa shape index (κ2) is 8.83. The summed E-state index contributed by atoms with van der Waals surface area (Å²) in [5, 5.41) is 13.8. The van der Waals surface area contributed by atoms with Gasteiger partial charge in [0.2, 0.25) is 5.91 Å². The van der Waals surface area contributed by atoms with Crippen LogP contribution in [0.4, 0.5) is 11.4 Å². The average molecular weight is 355 g/mol. The van der Waals surface area contributed by atoms with E-state index in [1.165, 1.54) is 17.8 Å². The molecule has 1 aromatic rings. The summed E-state index contributed by atoms with van der Waals surface area (Å²) in [5.41, 5.74) is 1.74. The van der Waals surface area contributed by atoms with E-state index in [0.29, 0.717) is 9.88 Å². The Balaban J connectivity index is 2.80. The summed E-state index contributed by atoms with van der Waals surface area (Å²) < 4.78 is 0.653. The number of anilines is 1. The zero-order chi connectivity index (χ0) is 17.6. The zero-order valence-corrected chi connectivity index (χ0v) is 15.3. The Morgan fingerprint density at radius 2 is 1.96 bits per heavy atom. The van der Waals surface area contributed by atoms with Crippen molar-refractivity contribution < 1.29 is 9.72 Å². The second-order valence-corrected chi connectivity index (χ2v) is 6.54. The second-order valence-electron chi connectivity index (χ2n) is 4.93. The molecule has 0 atom stereocenters. The van der Waals surface area contributed by atoms with Gasteiger partial charge in [0.1, 0.15) is 10.0 Å². The lowest BCUT2D eigenvalue weighted by atomic mass is 10.1. The number of hydrogen-bond donors (Lipinski definition) is 1. The number of nitro benzene ring substituents is 1. The summed E-state index contributed by atoms with van der Waals surface area (Å²) in [7, 11) is 0. The van der Waals surface area contributed by atoms with Crippen LogP contribution < -0.4 is 5.32 Å². The van der Waals surface area contributed by atoms with Crippen molar-refractivity contribution in [3.8, 4) is 0 Å². The van der Waals surface area contributed by atoms with Crippen molar-refractivity contribution in [1.82, 2.24) is 4.90 Å². The predicted octanol–water partition coefficient (Wildman–Crippen LogP) is 3.51. The first-order chi connectivity index (χ1) is 10.8. The van der Waals surface area contributed by atoms with E-state index >= 15 is 0 Å². The van der Waals surface area contributed by atoms with Crippen LogP contribution in [0.1, 0.15) is 25.0 Å². The highest BCUT2D eigenvalue weighted by Crippen LogP contribution is 2.30. The van der Waals surface area contributed by atoms with Gasteiger partial charge in [0, 0.05) is 19.2 Å². The molecule has 8 heteroatoms. The van der Waals surface area contributed by atoms with Crippen LogP contribution in [0, 0.1) is 24.0 Å². The molecule has 126 valence electrons. The summed E-state index contributed by atoms with van der Waals surface area (Å²) in [5.74, 6) is -0.179. The standard InChI is InChI=1S/C15H21N3O3S2/c1-5-17(6-2)15(22)23-9-13(19)16-14-11(4)10(3)7-8-12(14)18(20)21/h7-8H,5-6,9H2,1-4H3,(H,16,19). The molecule has 0 aliphatic rings. The molecule has 0 radical (unpaired) electrons. The first kappa shape index (κ1) is 19.4. The minimum atomic E-state index is -0.490. The SMILES string of the molecule is CCN(CC)C(=S)SCC(=O)Nc1c([N+](=O)[O-])ccc(C)c1C. The summed E-state index contributed by atoms with van der Waals surface area (Å²) in [6, 6.07) is 3.08. The van der Waals surface area contributed by atoms with Gasteiger partial charge in [-0.05, 0) is 38.8 Å². The highest BCUT2D eigenvalue weighted by molar-refractivity contribution is 8.23. The number of amides is 1. The minimum absolute atomic E-state index is 0.0993. The molecular formula is C15H21N3O3S2. The topological polar surface area (TPSA) is 75.5 Å². The largest absolute Gasteiger partial charge is 0.358 e. The molecule has 0 bridgehead atoms. The fraction of sp³-hybridized carbons (Fsp3) is 0.467. The fourth-order valence-electron chi connectivity index (χ4n) is 1.99. The Hall–Kier alpha value is -1.67. The number of carbonyl (C=O) groups is 1. The van der Waals surface area contributed by atoms with Gasteiger partial charge >= 0.3 is 0 Å². The predicted molar refractivity (Wildman–Crippen MR) is 99.2 cm³/mol. The lowest BCUT2D eigenvalue weighted by Crippen LogP contribution is -2.28. The molecular weight excluding hydrogens is 334 g/mol. The Morgan fingerprint density at radius 1 is 1.35 bits per heavy atom. The van der Waals surface area contributed by atoms with E-state index in [4.69, 9.17) is 12.2 Å². The van der Waals surface area contributed by atoms with E-state index < -0.39 is 4.92 Å². The van der Waals surface area contributed by atoms with Gasteiger partial charge in [0.05, 0.1) is 10.7 Å². The third-order valence-corrected chi connectivity index (χ3v) is 5.05. The van der Waals surface area contributed by atoms with E-state index in [1.54, 1.807) is 13.0 Å². The van der Waals surface area contributed by atoms with Crippen LogP contribution in [0.2, 0.25) is 0 Å². The highest BCUT2D eigenvalue weighted by Gasteiger charge is 2.19. The van der Waals surface area contributed by atoms with Gasteiger partial charge in [-0.25, -0.2) is 0 Å². The molecule has 23 heavy (non-hydrogen) atoms. The molecule has 0 heterocycles.